The lowest BCUT2D eigenvalue weighted by Gasteiger charge is -2.58. The summed E-state index contributed by atoms with van der Waals surface area (Å²) in [7, 11) is 1.75. The van der Waals surface area contributed by atoms with Crippen LogP contribution in [-0.4, -0.2) is 177 Å². The molecule has 18 nitrogen and oxygen atoms in total. The van der Waals surface area contributed by atoms with E-state index in [0.29, 0.717) is 97.0 Å². The first kappa shape index (κ1) is 52.3. The van der Waals surface area contributed by atoms with Crippen LogP contribution in [0.3, 0.4) is 0 Å². The molecule has 8 aliphatic rings. The van der Waals surface area contributed by atoms with Gasteiger partial charge in [-0.2, -0.15) is 0 Å². The molecule has 0 saturated carbocycles. The van der Waals surface area contributed by atoms with E-state index in [1.165, 1.54) is 21.9 Å². The van der Waals surface area contributed by atoms with Crippen molar-refractivity contribution in [2.45, 2.75) is 128 Å². The third kappa shape index (κ3) is 10.3. The summed E-state index contributed by atoms with van der Waals surface area (Å²) in [5.41, 5.74) is 10.8. The average molecular weight is 1070 g/mol. The normalized spacial score (nSPS) is 28.2. The SMILES string of the molecule is CO[C@@H](C)c1ncc(C2CCN(C3COC3)CC2)cc1-c1c2c3cc(ccc3n1CCOC1CCOCC1)-c1csc(n1)[C@@H](N1CC3(COC3)C1)[C@H](NC(=O)[C@H]1OC[C@@H]1C)C(=O)N1CCC[C@H](N1)C(=O)OCC(C)(C)C2. The molecule has 6 atom stereocenters. The van der Waals surface area contributed by atoms with Crippen molar-refractivity contribution in [3.8, 4) is 22.5 Å². The number of thiazole rings is 1. The third-order valence-electron chi connectivity index (χ3n) is 17.6. The lowest BCUT2D eigenvalue weighted by atomic mass is 9.76. The number of carbonyl (C=O) groups is 3. The molecule has 76 heavy (non-hydrogen) atoms. The maximum atomic E-state index is 15.2. The number of fused-ring (bicyclic) bond motifs is 6. The van der Waals surface area contributed by atoms with E-state index in [1.807, 2.05) is 6.92 Å². The number of hydrazine groups is 1. The van der Waals surface area contributed by atoms with Gasteiger partial charge in [0.2, 0.25) is 5.91 Å². The number of ether oxygens (including phenoxy) is 7. The van der Waals surface area contributed by atoms with Gasteiger partial charge in [0.15, 0.2) is 0 Å². The Morgan fingerprint density at radius 1 is 0.974 bits per heavy atom. The summed E-state index contributed by atoms with van der Waals surface area (Å²) in [6, 6.07) is 7.14. The topological polar surface area (TPSA) is 180 Å². The van der Waals surface area contributed by atoms with Crippen LogP contribution in [0.5, 0.6) is 0 Å². The fraction of sp³-hybridized carbons (Fsp3) is 0.667. The number of nitrogens with one attached hydrogen (secondary N) is 2. The second kappa shape index (κ2) is 21.7. The molecule has 4 aromatic rings. The highest BCUT2D eigenvalue weighted by Crippen LogP contribution is 2.47. The number of amides is 2. The van der Waals surface area contributed by atoms with Gasteiger partial charge >= 0.3 is 5.97 Å². The monoisotopic (exact) mass is 1060 g/mol. The molecule has 3 aromatic heterocycles. The van der Waals surface area contributed by atoms with Crippen molar-refractivity contribution in [1.82, 2.24) is 40.1 Å². The molecule has 1 spiro atoms. The number of hydrogen-bond acceptors (Lipinski definition) is 16. The molecule has 0 unspecified atom stereocenters. The second-order valence-electron chi connectivity index (χ2n) is 23.9. The van der Waals surface area contributed by atoms with Gasteiger partial charge in [-0.25, -0.2) is 10.4 Å². The Kier molecular flexibility index (Phi) is 14.9. The van der Waals surface area contributed by atoms with E-state index in [4.69, 9.17) is 43.1 Å². The van der Waals surface area contributed by atoms with Crippen LogP contribution in [0.1, 0.15) is 106 Å². The first-order valence-electron chi connectivity index (χ1n) is 28.0. The van der Waals surface area contributed by atoms with Gasteiger partial charge in [-0.05, 0) is 100 Å². The highest BCUT2D eigenvalue weighted by Gasteiger charge is 2.55. The molecule has 7 fully saturated rings. The van der Waals surface area contributed by atoms with Crippen molar-refractivity contribution in [3.63, 3.8) is 0 Å². The van der Waals surface area contributed by atoms with Crippen LogP contribution in [0.15, 0.2) is 35.8 Å². The summed E-state index contributed by atoms with van der Waals surface area (Å²) >= 11 is 1.50. The summed E-state index contributed by atoms with van der Waals surface area (Å²) in [6.45, 7) is 18.2. The molecule has 12 rings (SSSR count). The lowest BCUT2D eigenvalue weighted by molar-refractivity contribution is -0.203. The second-order valence-corrected chi connectivity index (χ2v) is 24.8. The molecule has 410 valence electrons. The quantitative estimate of drug-likeness (QED) is 0.162. The number of nitrogens with zero attached hydrogens (tertiary/aromatic N) is 6. The van der Waals surface area contributed by atoms with Crippen LogP contribution < -0.4 is 10.7 Å². The Labute approximate surface area is 449 Å². The number of aromatic nitrogens is 3. The van der Waals surface area contributed by atoms with Gasteiger partial charge in [0.1, 0.15) is 23.2 Å². The van der Waals surface area contributed by atoms with Crippen molar-refractivity contribution in [1.29, 1.82) is 0 Å². The molecule has 0 radical (unpaired) electrons. The minimum absolute atomic E-state index is 0.00237. The molecule has 0 aliphatic carbocycles. The molecule has 11 heterocycles. The number of benzene rings is 1. The first-order chi connectivity index (χ1) is 36.8. The van der Waals surface area contributed by atoms with Gasteiger partial charge in [-0.1, -0.05) is 26.8 Å². The summed E-state index contributed by atoms with van der Waals surface area (Å²) < 4.78 is 44.3. The number of pyridine rings is 1. The van der Waals surface area contributed by atoms with Crippen LogP contribution in [-0.2, 0) is 60.5 Å². The average Bonchev–Trinajstić information content (AvgIpc) is 4.03. The smallest absolute Gasteiger partial charge is 0.324 e. The number of likely N-dealkylation sites (tertiary alicyclic amines) is 2. The number of carbonyl (C=O) groups excluding carboxylic acids is 3. The van der Waals surface area contributed by atoms with Gasteiger partial charge in [-0.3, -0.25) is 34.2 Å². The number of piperidine rings is 1. The van der Waals surface area contributed by atoms with E-state index in [0.717, 1.165) is 102 Å². The zero-order valence-electron chi connectivity index (χ0n) is 44.9. The van der Waals surface area contributed by atoms with Crippen molar-refractivity contribution >= 4 is 40.0 Å². The molecule has 6 bridgehead atoms. The largest absolute Gasteiger partial charge is 0.464 e. The van der Waals surface area contributed by atoms with Crippen molar-refractivity contribution < 1.29 is 47.5 Å². The third-order valence-corrected chi connectivity index (χ3v) is 18.5. The maximum Gasteiger partial charge on any atom is 0.324 e. The van der Waals surface area contributed by atoms with E-state index >= 15 is 4.79 Å². The minimum Gasteiger partial charge on any atom is -0.464 e. The molecule has 1 aromatic carbocycles. The Balaban J connectivity index is 0.997. The van der Waals surface area contributed by atoms with Gasteiger partial charge in [0.25, 0.3) is 5.91 Å². The molecule has 19 heteroatoms. The van der Waals surface area contributed by atoms with Crippen LogP contribution in [0.25, 0.3) is 33.4 Å². The molecule has 2 amide bonds. The zero-order valence-corrected chi connectivity index (χ0v) is 45.7. The number of methoxy groups -OCH3 is 1. The summed E-state index contributed by atoms with van der Waals surface area (Å²) in [5.74, 6) is -0.724. The fourth-order valence-electron chi connectivity index (χ4n) is 12.9. The maximum absolute atomic E-state index is 15.2. The Bertz CT molecular complexity index is 2770. The van der Waals surface area contributed by atoms with Crippen LogP contribution in [0, 0.1) is 16.7 Å². The number of esters is 1. The highest BCUT2D eigenvalue weighted by atomic mass is 32.1. The fourth-order valence-corrected chi connectivity index (χ4v) is 13.9. The summed E-state index contributed by atoms with van der Waals surface area (Å²) in [5, 5.41) is 8.58. The van der Waals surface area contributed by atoms with Crippen molar-refractivity contribution in [2.75, 3.05) is 99.3 Å². The molecule has 8 aliphatic heterocycles. The van der Waals surface area contributed by atoms with Gasteiger partial charge in [0.05, 0.1) is 87.6 Å². The van der Waals surface area contributed by atoms with Crippen LogP contribution >= 0.6 is 11.3 Å². The zero-order chi connectivity index (χ0) is 52.3. The number of rotatable bonds is 12. The minimum atomic E-state index is -1.03. The van der Waals surface area contributed by atoms with Crippen molar-refractivity contribution in [2.24, 2.45) is 16.7 Å². The molecular weight excluding hydrogens is 989 g/mol. The predicted molar refractivity (Wildman–Crippen MR) is 284 cm³/mol. The number of cyclic esters (lactones) is 1. The van der Waals surface area contributed by atoms with Crippen LogP contribution in [0.4, 0.5) is 0 Å². The predicted octanol–water partition coefficient (Wildman–Crippen LogP) is 5.82. The highest BCUT2D eigenvalue weighted by molar-refractivity contribution is 7.10. The van der Waals surface area contributed by atoms with E-state index < -0.39 is 35.6 Å². The first-order valence-corrected chi connectivity index (χ1v) is 28.9. The van der Waals surface area contributed by atoms with E-state index in [-0.39, 0.29) is 42.0 Å². The van der Waals surface area contributed by atoms with E-state index in [2.05, 4.69) is 81.7 Å². The Hall–Kier alpha value is -4.41. The molecule has 2 N–H and O–H groups in total. The van der Waals surface area contributed by atoms with Gasteiger partial charge < -0.3 is 43.0 Å². The lowest BCUT2D eigenvalue weighted by Crippen LogP contribution is -2.70. The van der Waals surface area contributed by atoms with E-state index in [9.17, 15) is 9.59 Å². The van der Waals surface area contributed by atoms with Crippen molar-refractivity contribution in [3.05, 3.63) is 57.7 Å². The standard InChI is InChI=1S/C57H76N8O10S/c1-34-25-74-51(34)52(66)60-48-50(63-29-57(30-63)32-72-33-57)53-59-45(28-76-53)37-8-9-46-41(21-37)43(23-56(3,4)31-75-55(68)44-7-6-14-65(61-44)54(48)67)49(64(46)17-20-73-40-12-18-70-19-13-40)42-22-38(24-58-47(42)35(2)69-5)36-10-15-62(16-11-36)39-26-71-27-39/h8-9,21-22,24,28,34-36,39-40,44,48,50-51,61H,6-7,10-20,23,25-27,29-33H2,1-5H3,(H,60,66)/t34-,35-,44-,48-,50-,51-/m0/s1. The summed E-state index contributed by atoms with van der Waals surface area (Å²) in [4.78, 5) is 59.2. The molecular formula is C57H76N8O10S. The molecule has 7 saturated heterocycles. The Morgan fingerprint density at radius 2 is 1.78 bits per heavy atom. The summed E-state index contributed by atoms with van der Waals surface area (Å²) in [6.07, 6.45) is 6.67. The van der Waals surface area contributed by atoms with Gasteiger partial charge in [0, 0.05) is 96.9 Å². The number of hydrogen-bond donors (Lipinski definition) is 2. The van der Waals surface area contributed by atoms with Gasteiger partial charge in [-0.15, -0.1) is 11.3 Å². The Morgan fingerprint density at radius 3 is 2.47 bits per heavy atom. The van der Waals surface area contributed by atoms with Crippen LogP contribution in [0.2, 0.25) is 0 Å². The van der Waals surface area contributed by atoms with E-state index in [1.54, 1.807) is 7.11 Å².